The summed E-state index contributed by atoms with van der Waals surface area (Å²) < 4.78 is 9.90. The van der Waals surface area contributed by atoms with E-state index in [9.17, 15) is 4.79 Å². The molecular weight excluding hydrogens is 230 g/mol. The number of esters is 1. The molecule has 0 aliphatic heterocycles. The highest BCUT2D eigenvalue weighted by molar-refractivity contribution is 5.77. The zero-order valence-corrected chi connectivity index (χ0v) is 11.2. The molecule has 0 bridgehead atoms. The maximum Gasteiger partial charge on any atom is 0.327 e. The van der Waals surface area contributed by atoms with E-state index in [1.165, 1.54) is 7.11 Å². The highest BCUT2D eigenvalue weighted by Crippen LogP contribution is 2.14. The van der Waals surface area contributed by atoms with Crippen LogP contribution in [0.25, 0.3) is 0 Å². The van der Waals surface area contributed by atoms with Gasteiger partial charge in [-0.25, -0.2) is 4.79 Å². The summed E-state index contributed by atoms with van der Waals surface area (Å²) >= 11 is 0. The zero-order valence-electron chi connectivity index (χ0n) is 11.2. The Hall–Kier alpha value is -1.39. The van der Waals surface area contributed by atoms with Crippen LogP contribution in [0.1, 0.15) is 18.5 Å². The smallest absolute Gasteiger partial charge is 0.327 e. The lowest BCUT2D eigenvalue weighted by Crippen LogP contribution is -2.33. The van der Waals surface area contributed by atoms with Crippen LogP contribution in [0, 0.1) is 5.92 Å². The lowest BCUT2D eigenvalue weighted by molar-refractivity contribution is -0.143. The summed E-state index contributed by atoms with van der Waals surface area (Å²) in [6.07, 6.45) is 0. The molecule has 0 aliphatic carbocycles. The van der Waals surface area contributed by atoms with Crippen molar-refractivity contribution in [1.29, 1.82) is 0 Å². The highest BCUT2D eigenvalue weighted by atomic mass is 16.5. The van der Waals surface area contributed by atoms with Crippen molar-refractivity contribution in [2.45, 2.75) is 13.0 Å². The van der Waals surface area contributed by atoms with Gasteiger partial charge in [-0.1, -0.05) is 37.3 Å². The molecule has 0 aromatic heterocycles. The van der Waals surface area contributed by atoms with Gasteiger partial charge in [0.15, 0.2) is 0 Å². The number of methoxy groups -OCH3 is 2. The Morgan fingerprint density at radius 3 is 2.50 bits per heavy atom. The summed E-state index contributed by atoms with van der Waals surface area (Å²) in [4.78, 5) is 11.8. The first-order chi connectivity index (χ1) is 8.69. The lowest BCUT2D eigenvalue weighted by atomic mass is 10.1. The minimum absolute atomic E-state index is 0.272. The average Bonchev–Trinajstić information content (AvgIpc) is 2.40. The molecule has 1 aromatic carbocycles. The monoisotopic (exact) mass is 251 g/mol. The Labute approximate surface area is 108 Å². The molecule has 1 N–H and O–H groups in total. The Morgan fingerprint density at radius 1 is 1.28 bits per heavy atom. The molecule has 4 nitrogen and oxygen atoms in total. The van der Waals surface area contributed by atoms with Crippen LogP contribution < -0.4 is 5.32 Å². The molecule has 1 rings (SSSR count). The van der Waals surface area contributed by atoms with Crippen LogP contribution in [0.3, 0.4) is 0 Å². The molecule has 0 fully saturated rings. The van der Waals surface area contributed by atoms with Crippen molar-refractivity contribution in [2.75, 3.05) is 27.4 Å². The van der Waals surface area contributed by atoms with E-state index in [1.54, 1.807) is 7.11 Å². The van der Waals surface area contributed by atoms with Gasteiger partial charge in [-0.3, -0.25) is 0 Å². The molecule has 2 atom stereocenters. The second-order valence-corrected chi connectivity index (χ2v) is 4.34. The summed E-state index contributed by atoms with van der Waals surface area (Å²) in [5.74, 6) is 0.0664. The molecule has 0 spiro atoms. The predicted octanol–water partition coefficient (Wildman–Crippen LogP) is 1.77. The van der Waals surface area contributed by atoms with Crippen molar-refractivity contribution in [3.05, 3.63) is 35.9 Å². The van der Waals surface area contributed by atoms with Gasteiger partial charge in [0.2, 0.25) is 0 Å². The van der Waals surface area contributed by atoms with Crippen molar-refractivity contribution in [3.8, 4) is 0 Å². The SMILES string of the molecule is COCC(C)CNC(C(=O)OC)c1ccccc1. The van der Waals surface area contributed by atoms with Crippen LogP contribution in [-0.2, 0) is 14.3 Å². The van der Waals surface area contributed by atoms with Crippen molar-refractivity contribution in [1.82, 2.24) is 5.32 Å². The third kappa shape index (κ3) is 4.47. The first-order valence-electron chi connectivity index (χ1n) is 6.04. The molecule has 18 heavy (non-hydrogen) atoms. The molecule has 2 unspecified atom stereocenters. The number of carbonyl (C=O) groups excluding carboxylic acids is 1. The fourth-order valence-electron chi connectivity index (χ4n) is 1.76. The number of hydrogen-bond acceptors (Lipinski definition) is 4. The van der Waals surface area contributed by atoms with Gasteiger partial charge in [0.05, 0.1) is 7.11 Å². The Morgan fingerprint density at radius 2 is 1.94 bits per heavy atom. The maximum absolute atomic E-state index is 11.8. The Kier molecular flexibility index (Phi) is 6.39. The molecular formula is C14H21NO3. The van der Waals surface area contributed by atoms with E-state index in [4.69, 9.17) is 9.47 Å². The van der Waals surface area contributed by atoms with Gasteiger partial charge in [0, 0.05) is 20.3 Å². The number of rotatable bonds is 7. The van der Waals surface area contributed by atoms with Crippen LogP contribution in [-0.4, -0.2) is 33.3 Å². The summed E-state index contributed by atoms with van der Waals surface area (Å²) in [5.41, 5.74) is 0.911. The van der Waals surface area contributed by atoms with Gasteiger partial charge in [0.1, 0.15) is 6.04 Å². The van der Waals surface area contributed by atoms with Crippen LogP contribution >= 0.6 is 0 Å². The van der Waals surface area contributed by atoms with Gasteiger partial charge in [0.25, 0.3) is 0 Å². The van der Waals surface area contributed by atoms with Crippen molar-refractivity contribution in [2.24, 2.45) is 5.92 Å². The quantitative estimate of drug-likeness (QED) is 0.750. The summed E-state index contributed by atoms with van der Waals surface area (Å²) in [6.45, 7) is 3.42. The fraction of sp³-hybridized carbons (Fsp3) is 0.500. The fourth-order valence-corrected chi connectivity index (χ4v) is 1.76. The molecule has 1 aromatic rings. The number of carbonyl (C=O) groups is 1. The maximum atomic E-state index is 11.8. The van der Waals surface area contributed by atoms with Crippen LogP contribution in [0.15, 0.2) is 30.3 Å². The topological polar surface area (TPSA) is 47.6 Å². The third-order valence-electron chi connectivity index (χ3n) is 2.69. The highest BCUT2D eigenvalue weighted by Gasteiger charge is 2.21. The second-order valence-electron chi connectivity index (χ2n) is 4.34. The predicted molar refractivity (Wildman–Crippen MR) is 70.2 cm³/mol. The number of hydrogen-bond donors (Lipinski definition) is 1. The summed E-state index contributed by atoms with van der Waals surface area (Å²) in [6, 6.07) is 9.14. The molecule has 0 aliphatic rings. The van der Waals surface area contributed by atoms with Gasteiger partial charge in [-0.05, 0) is 11.5 Å². The molecule has 0 radical (unpaired) electrons. The minimum atomic E-state index is -0.421. The first-order valence-corrected chi connectivity index (χ1v) is 6.04. The molecule has 0 saturated carbocycles. The van der Waals surface area contributed by atoms with E-state index < -0.39 is 6.04 Å². The summed E-state index contributed by atoms with van der Waals surface area (Å²) in [5, 5.41) is 3.22. The van der Waals surface area contributed by atoms with Crippen molar-refractivity contribution in [3.63, 3.8) is 0 Å². The van der Waals surface area contributed by atoms with Crippen molar-refractivity contribution >= 4 is 5.97 Å². The molecule has 100 valence electrons. The zero-order chi connectivity index (χ0) is 13.4. The Bertz CT molecular complexity index is 353. The third-order valence-corrected chi connectivity index (χ3v) is 2.69. The van der Waals surface area contributed by atoms with Crippen LogP contribution in [0.5, 0.6) is 0 Å². The molecule has 0 amide bonds. The van der Waals surface area contributed by atoms with Crippen LogP contribution in [0.2, 0.25) is 0 Å². The van der Waals surface area contributed by atoms with Gasteiger partial charge in [-0.2, -0.15) is 0 Å². The number of nitrogens with one attached hydrogen (secondary N) is 1. The molecule has 0 saturated heterocycles. The van der Waals surface area contributed by atoms with E-state index in [2.05, 4.69) is 12.2 Å². The largest absolute Gasteiger partial charge is 0.468 e. The number of benzene rings is 1. The average molecular weight is 251 g/mol. The standard InChI is InChI=1S/C14H21NO3/c1-11(10-17-2)9-15-13(14(16)18-3)12-7-5-4-6-8-12/h4-8,11,13,15H,9-10H2,1-3H3. The number of ether oxygens (including phenoxy) is 2. The van der Waals surface area contributed by atoms with Gasteiger partial charge in [-0.15, -0.1) is 0 Å². The second kappa shape index (κ2) is 7.84. The molecule has 0 heterocycles. The van der Waals surface area contributed by atoms with E-state index in [0.29, 0.717) is 19.1 Å². The lowest BCUT2D eigenvalue weighted by Gasteiger charge is -2.19. The van der Waals surface area contributed by atoms with E-state index in [0.717, 1.165) is 5.56 Å². The van der Waals surface area contributed by atoms with E-state index >= 15 is 0 Å². The Balaban J connectivity index is 2.66. The summed E-state index contributed by atoms with van der Waals surface area (Å²) in [7, 11) is 3.07. The van der Waals surface area contributed by atoms with Crippen LogP contribution in [0.4, 0.5) is 0 Å². The minimum Gasteiger partial charge on any atom is -0.468 e. The van der Waals surface area contributed by atoms with E-state index in [1.807, 2.05) is 30.3 Å². The first kappa shape index (κ1) is 14.7. The van der Waals surface area contributed by atoms with E-state index in [-0.39, 0.29) is 5.97 Å². The normalized spacial score (nSPS) is 13.9. The van der Waals surface area contributed by atoms with Gasteiger partial charge < -0.3 is 14.8 Å². The van der Waals surface area contributed by atoms with Gasteiger partial charge >= 0.3 is 5.97 Å². The molecule has 4 heteroatoms. The van der Waals surface area contributed by atoms with Crippen molar-refractivity contribution < 1.29 is 14.3 Å².